The molecule has 0 saturated heterocycles. The third-order valence-corrected chi connectivity index (χ3v) is 2.69. The minimum Gasteiger partial charge on any atom is -0.382 e. The third-order valence-electron chi connectivity index (χ3n) is 2.69. The van der Waals surface area contributed by atoms with Crippen molar-refractivity contribution in [1.82, 2.24) is 14.8 Å². The largest absolute Gasteiger partial charge is 0.382 e. The van der Waals surface area contributed by atoms with Gasteiger partial charge in [0, 0.05) is 12.7 Å². The van der Waals surface area contributed by atoms with E-state index in [9.17, 15) is 0 Å². The van der Waals surface area contributed by atoms with E-state index in [0.29, 0.717) is 23.0 Å². The van der Waals surface area contributed by atoms with Crippen molar-refractivity contribution < 1.29 is 0 Å². The molecule has 0 atom stereocenters. The molecule has 0 aliphatic carbocycles. The molecule has 2 heterocycles. The van der Waals surface area contributed by atoms with E-state index in [1.54, 1.807) is 6.20 Å². The van der Waals surface area contributed by atoms with E-state index < -0.39 is 0 Å². The first kappa shape index (κ1) is 12.9. The number of aryl methyl sites for hydroxylation is 1. The lowest BCUT2D eigenvalue weighted by molar-refractivity contribution is 0.850. The number of rotatable bonds is 4. The molecule has 0 bridgehead atoms. The van der Waals surface area contributed by atoms with Crippen LogP contribution in [0.25, 0.3) is 5.82 Å². The van der Waals surface area contributed by atoms with Crippen molar-refractivity contribution in [2.24, 2.45) is 0 Å². The molecule has 0 aliphatic heterocycles. The van der Waals surface area contributed by atoms with Crippen molar-refractivity contribution >= 4 is 11.6 Å². The van der Waals surface area contributed by atoms with E-state index in [1.807, 2.05) is 26.0 Å². The van der Waals surface area contributed by atoms with Crippen LogP contribution in [-0.4, -0.2) is 21.3 Å². The Morgan fingerprint density at radius 2 is 2.32 bits per heavy atom. The number of hydrogen-bond donors (Lipinski definition) is 2. The average molecular weight is 256 g/mol. The summed E-state index contributed by atoms with van der Waals surface area (Å²) < 4.78 is 1.49. The van der Waals surface area contributed by atoms with Gasteiger partial charge in [-0.05, 0) is 31.0 Å². The van der Waals surface area contributed by atoms with Gasteiger partial charge in [0.05, 0.1) is 0 Å². The minimum absolute atomic E-state index is 0.305. The van der Waals surface area contributed by atoms with Crippen LogP contribution in [0.2, 0.25) is 0 Å². The molecule has 6 heteroatoms. The van der Waals surface area contributed by atoms with E-state index in [4.69, 9.17) is 11.0 Å². The molecule has 0 radical (unpaired) electrons. The normalized spacial score (nSPS) is 10.2. The van der Waals surface area contributed by atoms with Crippen molar-refractivity contribution in [3.05, 3.63) is 29.5 Å². The molecule has 0 aliphatic rings. The zero-order valence-corrected chi connectivity index (χ0v) is 11.0. The van der Waals surface area contributed by atoms with E-state index in [0.717, 1.165) is 18.5 Å². The highest BCUT2D eigenvalue weighted by Gasteiger charge is 2.16. The van der Waals surface area contributed by atoms with Crippen LogP contribution in [0.3, 0.4) is 0 Å². The lowest BCUT2D eigenvalue weighted by Gasteiger charge is -2.03. The van der Waals surface area contributed by atoms with Crippen LogP contribution in [0.5, 0.6) is 0 Å². The minimum atomic E-state index is 0.305. The first-order valence-electron chi connectivity index (χ1n) is 6.12. The van der Waals surface area contributed by atoms with Gasteiger partial charge >= 0.3 is 0 Å². The molecule has 0 fully saturated rings. The SMILES string of the molecule is CCCNc1nn(-c2cc(C)ccn2)c(N)c1C#N. The summed E-state index contributed by atoms with van der Waals surface area (Å²) >= 11 is 0. The van der Waals surface area contributed by atoms with Gasteiger partial charge in [-0.25, -0.2) is 4.98 Å². The number of nitriles is 1. The van der Waals surface area contributed by atoms with Crippen LogP contribution in [0.1, 0.15) is 24.5 Å². The van der Waals surface area contributed by atoms with Gasteiger partial charge in [-0.15, -0.1) is 5.10 Å². The summed E-state index contributed by atoms with van der Waals surface area (Å²) in [6.07, 6.45) is 2.64. The standard InChI is InChI=1S/C13H16N6/c1-3-5-17-13-10(8-14)12(15)19(18-13)11-7-9(2)4-6-16-11/h4,6-7H,3,5,15H2,1-2H3,(H,17,18). The summed E-state index contributed by atoms with van der Waals surface area (Å²) in [6, 6.07) is 5.84. The second-order valence-electron chi connectivity index (χ2n) is 4.25. The van der Waals surface area contributed by atoms with Crippen molar-refractivity contribution in [2.45, 2.75) is 20.3 Å². The Morgan fingerprint density at radius 1 is 1.53 bits per heavy atom. The molecule has 2 aromatic rings. The Morgan fingerprint density at radius 3 is 2.95 bits per heavy atom. The number of pyridine rings is 1. The molecule has 0 aromatic carbocycles. The predicted molar refractivity (Wildman–Crippen MR) is 74.0 cm³/mol. The number of hydrogen-bond acceptors (Lipinski definition) is 5. The highest BCUT2D eigenvalue weighted by atomic mass is 15.4. The van der Waals surface area contributed by atoms with Gasteiger partial charge in [-0.1, -0.05) is 6.92 Å². The van der Waals surface area contributed by atoms with E-state index in [2.05, 4.69) is 21.5 Å². The topological polar surface area (TPSA) is 92.6 Å². The second-order valence-corrected chi connectivity index (χ2v) is 4.25. The zero-order chi connectivity index (χ0) is 13.8. The first-order valence-corrected chi connectivity index (χ1v) is 6.12. The lowest BCUT2D eigenvalue weighted by Crippen LogP contribution is -2.05. The highest BCUT2D eigenvalue weighted by Crippen LogP contribution is 2.23. The van der Waals surface area contributed by atoms with Crippen LogP contribution in [0.15, 0.2) is 18.3 Å². The third kappa shape index (κ3) is 2.50. The van der Waals surface area contributed by atoms with Crippen molar-refractivity contribution in [1.29, 1.82) is 5.26 Å². The fourth-order valence-electron chi connectivity index (χ4n) is 1.72. The van der Waals surface area contributed by atoms with Gasteiger partial charge in [0.1, 0.15) is 17.5 Å². The van der Waals surface area contributed by atoms with E-state index in [-0.39, 0.29) is 0 Å². The Balaban J connectivity index is 2.47. The first-order chi connectivity index (χ1) is 9.17. The van der Waals surface area contributed by atoms with Crippen LogP contribution >= 0.6 is 0 Å². The van der Waals surface area contributed by atoms with Crippen molar-refractivity contribution in [3.8, 4) is 11.9 Å². The van der Waals surface area contributed by atoms with Crippen molar-refractivity contribution in [3.63, 3.8) is 0 Å². The van der Waals surface area contributed by atoms with E-state index in [1.165, 1.54) is 4.68 Å². The molecule has 3 N–H and O–H groups in total. The number of nitrogens with one attached hydrogen (secondary N) is 1. The second kappa shape index (κ2) is 5.40. The molecule has 6 nitrogen and oxygen atoms in total. The average Bonchev–Trinajstić information content (AvgIpc) is 2.72. The number of anilines is 2. The number of aromatic nitrogens is 3. The molecule has 0 unspecified atom stereocenters. The van der Waals surface area contributed by atoms with Crippen LogP contribution < -0.4 is 11.1 Å². The maximum Gasteiger partial charge on any atom is 0.168 e. The predicted octanol–water partition coefficient (Wildman–Crippen LogP) is 1.85. The summed E-state index contributed by atoms with van der Waals surface area (Å²) in [5.74, 6) is 1.42. The molecular weight excluding hydrogens is 240 g/mol. The summed E-state index contributed by atoms with van der Waals surface area (Å²) in [4.78, 5) is 4.22. The number of nitrogen functional groups attached to an aromatic ring is 1. The summed E-state index contributed by atoms with van der Waals surface area (Å²) in [5, 5.41) is 16.6. The fraction of sp³-hybridized carbons (Fsp3) is 0.308. The Labute approximate surface area is 111 Å². The van der Waals surface area contributed by atoms with Crippen molar-refractivity contribution in [2.75, 3.05) is 17.6 Å². The summed E-state index contributed by atoms with van der Waals surface area (Å²) in [6.45, 7) is 4.75. The quantitative estimate of drug-likeness (QED) is 0.870. The molecule has 19 heavy (non-hydrogen) atoms. The van der Waals surface area contributed by atoms with Crippen LogP contribution in [-0.2, 0) is 0 Å². The molecular formula is C13H16N6. The van der Waals surface area contributed by atoms with Gasteiger partial charge in [-0.2, -0.15) is 9.94 Å². The van der Waals surface area contributed by atoms with Gasteiger partial charge in [0.2, 0.25) is 0 Å². The van der Waals surface area contributed by atoms with Crippen LogP contribution in [0.4, 0.5) is 11.6 Å². The molecule has 2 rings (SSSR count). The highest BCUT2D eigenvalue weighted by molar-refractivity contribution is 5.65. The summed E-state index contributed by atoms with van der Waals surface area (Å²) in [7, 11) is 0. The molecule has 0 amide bonds. The Kier molecular flexibility index (Phi) is 3.66. The smallest absolute Gasteiger partial charge is 0.168 e. The van der Waals surface area contributed by atoms with Gasteiger partial charge in [-0.3, -0.25) is 0 Å². The Bertz CT molecular complexity index is 623. The van der Waals surface area contributed by atoms with Crippen LogP contribution in [0, 0.1) is 18.3 Å². The maximum atomic E-state index is 9.17. The monoisotopic (exact) mass is 256 g/mol. The van der Waals surface area contributed by atoms with Gasteiger partial charge < -0.3 is 11.1 Å². The zero-order valence-electron chi connectivity index (χ0n) is 11.0. The fourth-order valence-corrected chi connectivity index (χ4v) is 1.72. The maximum absolute atomic E-state index is 9.17. The van der Waals surface area contributed by atoms with Gasteiger partial charge in [0.25, 0.3) is 0 Å². The Hall–Kier alpha value is -2.55. The summed E-state index contributed by atoms with van der Waals surface area (Å²) in [5.41, 5.74) is 7.38. The lowest BCUT2D eigenvalue weighted by atomic mass is 10.3. The molecule has 2 aromatic heterocycles. The number of nitrogens with two attached hydrogens (primary N) is 1. The molecule has 98 valence electrons. The van der Waals surface area contributed by atoms with Gasteiger partial charge in [0.15, 0.2) is 11.6 Å². The number of nitrogens with zero attached hydrogens (tertiary/aromatic N) is 4. The molecule has 0 saturated carbocycles. The van der Waals surface area contributed by atoms with E-state index >= 15 is 0 Å². The molecule has 0 spiro atoms.